The topological polar surface area (TPSA) is 30.0 Å². The van der Waals surface area contributed by atoms with Gasteiger partial charge in [-0.15, -0.1) is 11.3 Å². The van der Waals surface area contributed by atoms with E-state index < -0.39 is 0 Å². The Morgan fingerprint density at radius 2 is 2.06 bits per heavy atom. The highest BCUT2D eigenvalue weighted by atomic mass is 79.9. The van der Waals surface area contributed by atoms with E-state index in [0.717, 1.165) is 26.3 Å². The molecule has 18 heavy (non-hydrogen) atoms. The number of rotatable bonds is 3. The van der Waals surface area contributed by atoms with E-state index in [1.807, 2.05) is 39.0 Å². The Morgan fingerprint density at radius 3 is 2.67 bits per heavy atom. The standard InChI is InChI=1S/C14H14BrNOS/c1-8-4-5-12(15)11(6-8)13(17)7-14-16-9(2)10(3)18-14/h4-6H,7H2,1-3H3. The molecular formula is C14H14BrNOS. The number of hydrogen-bond donors (Lipinski definition) is 0. The number of thiazole rings is 1. The molecule has 0 saturated heterocycles. The number of halogens is 1. The van der Waals surface area contributed by atoms with Gasteiger partial charge in [0.1, 0.15) is 5.01 Å². The van der Waals surface area contributed by atoms with Crippen LogP contribution in [0.2, 0.25) is 0 Å². The molecule has 0 bridgehead atoms. The van der Waals surface area contributed by atoms with Crippen molar-refractivity contribution in [1.29, 1.82) is 0 Å². The molecule has 0 aliphatic carbocycles. The summed E-state index contributed by atoms with van der Waals surface area (Å²) in [5.74, 6) is 0.110. The summed E-state index contributed by atoms with van der Waals surface area (Å²) in [4.78, 5) is 17.8. The van der Waals surface area contributed by atoms with Crippen LogP contribution in [-0.4, -0.2) is 10.8 Å². The molecule has 2 rings (SSSR count). The molecule has 0 amide bonds. The molecule has 0 spiro atoms. The molecule has 0 saturated carbocycles. The summed E-state index contributed by atoms with van der Waals surface area (Å²) in [6.45, 7) is 5.99. The average molecular weight is 324 g/mol. The third-order valence-corrected chi connectivity index (χ3v) is 4.57. The van der Waals surface area contributed by atoms with E-state index in [1.54, 1.807) is 11.3 Å². The lowest BCUT2D eigenvalue weighted by Gasteiger charge is -2.03. The predicted molar refractivity (Wildman–Crippen MR) is 78.5 cm³/mol. The van der Waals surface area contributed by atoms with Crippen LogP contribution in [0, 0.1) is 20.8 Å². The van der Waals surface area contributed by atoms with Gasteiger partial charge in [-0.05, 0) is 32.9 Å². The van der Waals surface area contributed by atoms with Gasteiger partial charge in [-0.25, -0.2) is 4.98 Å². The SMILES string of the molecule is Cc1ccc(Br)c(C(=O)Cc2nc(C)c(C)s2)c1. The summed E-state index contributed by atoms with van der Waals surface area (Å²) in [5, 5.41) is 0.892. The lowest BCUT2D eigenvalue weighted by Crippen LogP contribution is -2.04. The summed E-state index contributed by atoms with van der Waals surface area (Å²) in [6.07, 6.45) is 0.376. The first kappa shape index (κ1) is 13.4. The van der Waals surface area contributed by atoms with E-state index in [4.69, 9.17) is 0 Å². The fourth-order valence-electron chi connectivity index (χ4n) is 1.70. The maximum absolute atomic E-state index is 12.2. The van der Waals surface area contributed by atoms with Gasteiger partial charge in [0.25, 0.3) is 0 Å². The van der Waals surface area contributed by atoms with E-state index in [1.165, 1.54) is 4.88 Å². The Morgan fingerprint density at radius 1 is 1.33 bits per heavy atom. The van der Waals surface area contributed by atoms with E-state index in [0.29, 0.717) is 6.42 Å². The van der Waals surface area contributed by atoms with E-state index in [9.17, 15) is 4.79 Å². The first-order valence-electron chi connectivity index (χ1n) is 5.69. The molecule has 0 aliphatic heterocycles. The number of aryl methyl sites for hydroxylation is 3. The van der Waals surface area contributed by atoms with Crippen molar-refractivity contribution in [2.75, 3.05) is 0 Å². The minimum Gasteiger partial charge on any atom is -0.294 e. The van der Waals surface area contributed by atoms with Crippen LogP contribution in [0.15, 0.2) is 22.7 Å². The zero-order valence-electron chi connectivity index (χ0n) is 10.6. The zero-order chi connectivity index (χ0) is 13.3. The van der Waals surface area contributed by atoms with Crippen LogP contribution in [0.3, 0.4) is 0 Å². The molecule has 0 atom stereocenters. The molecule has 94 valence electrons. The Balaban J connectivity index is 2.24. The molecule has 0 fully saturated rings. The van der Waals surface area contributed by atoms with E-state index in [-0.39, 0.29) is 5.78 Å². The van der Waals surface area contributed by atoms with Crippen molar-refractivity contribution in [3.63, 3.8) is 0 Å². The lowest BCUT2D eigenvalue weighted by molar-refractivity contribution is 0.0992. The highest BCUT2D eigenvalue weighted by molar-refractivity contribution is 9.10. The number of hydrogen-bond acceptors (Lipinski definition) is 3. The monoisotopic (exact) mass is 323 g/mol. The van der Waals surface area contributed by atoms with Gasteiger partial charge in [0.15, 0.2) is 5.78 Å². The summed E-state index contributed by atoms with van der Waals surface area (Å²) < 4.78 is 0.850. The quantitative estimate of drug-likeness (QED) is 0.790. The number of ketones is 1. The van der Waals surface area contributed by atoms with Gasteiger partial charge in [0.2, 0.25) is 0 Å². The molecule has 1 aromatic heterocycles. The van der Waals surface area contributed by atoms with Crippen LogP contribution in [0.4, 0.5) is 0 Å². The second-order valence-corrected chi connectivity index (χ2v) is 6.47. The van der Waals surface area contributed by atoms with Crippen LogP contribution >= 0.6 is 27.3 Å². The van der Waals surface area contributed by atoms with Gasteiger partial charge >= 0.3 is 0 Å². The minimum atomic E-state index is 0.110. The minimum absolute atomic E-state index is 0.110. The van der Waals surface area contributed by atoms with Crippen molar-refractivity contribution in [2.45, 2.75) is 27.2 Å². The molecule has 4 heteroatoms. The average Bonchev–Trinajstić information content (AvgIpc) is 2.61. The lowest BCUT2D eigenvalue weighted by atomic mass is 10.1. The van der Waals surface area contributed by atoms with Crippen molar-refractivity contribution in [1.82, 2.24) is 4.98 Å². The number of benzene rings is 1. The van der Waals surface area contributed by atoms with Gasteiger partial charge in [-0.3, -0.25) is 4.79 Å². The first-order valence-corrected chi connectivity index (χ1v) is 7.30. The largest absolute Gasteiger partial charge is 0.294 e. The molecule has 1 aromatic carbocycles. The number of Topliss-reactive ketones (excluding diaryl/α,β-unsaturated/α-hetero) is 1. The Bertz CT molecular complexity index is 584. The Hall–Kier alpha value is -1.00. The molecule has 0 unspecified atom stereocenters. The third-order valence-electron chi connectivity index (χ3n) is 2.81. The molecule has 1 heterocycles. The van der Waals surface area contributed by atoms with Crippen LogP contribution in [0.5, 0.6) is 0 Å². The number of aromatic nitrogens is 1. The van der Waals surface area contributed by atoms with Crippen molar-refractivity contribution >= 4 is 33.0 Å². The Kier molecular flexibility index (Phi) is 3.97. The van der Waals surface area contributed by atoms with Gasteiger partial charge in [0.05, 0.1) is 12.1 Å². The molecule has 2 nitrogen and oxygen atoms in total. The fraction of sp³-hybridized carbons (Fsp3) is 0.286. The molecular weight excluding hydrogens is 310 g/mol. The van der Waals surface area contributed by atoms with Crippen molar-refractivity contribution < 1.29 is 4.79 Å². The number of nitrogens with zero attached hydrogens (tertiary/aromatic N) is 1. The normalized spacial score (nSPS) is 10.7. The van der Waals surface area contributed by atoms with Gasteiger partial charge < -0.3 is 0 Å². The molecule has 0 radical (unpaired) electrons. The third kappa shape index (κ3) is 2.87. The fourth-order valence-corrected chi connectivity index (χ4v) is 3.10. The smallest absolute Gasteiger partial charge is 0.170 e. The molecule has 0 N–H and O–H groups in total. The summed E-state index contributed by atoms with van der Waals surface area (Å²) in [5.41, 5.74) is 2.85. The summed E-state index contributed by atoms with van der Waals surface area (Å²) in [6, 6.07) is 5.82. The highest BCUT2D eigenvalue weighted by Crippen LogP contribution is 2.22. The molecule has 0 aliphatic rings. The van der Waals surface area contributed by atoms with Crippen LogP contribution < -0.4 is 0 Å². The highest BCUT2D eigenvalue weighted by Gasteiger charge is 2.14. The zero-order valence-corrected chi connectivity index (χ0v) is 13.0. The summed E-state index contributed by atoms with van der Waals surface area (Å²) >= 11 is 5.03. The van der Waals surface area contributed by atoms with E-state index in [2.05, 4.69) is 20.9 Å². The van der Waals surface area contributed by atoms with Crippen LogP contribution in [-0.2, 0) is 6.42 Å². The maximum Gasteiger partial charge on any atom is 0.170 e. The number of carbonyl (C=O) groups excluding carboxylic acids is 1. The van der Waals surface area contributed by atoms with Gasteiger partial charge in [-0.1, -0.05) is 27.6 Å². The van der Waals surface area contributed by atoms with Gasteiger partial charge in [-0.2, -0.15) is 0 Å². The second kappa shape index (κ2) is 5.33. The van der Waals surface area contributed by atoms with Crippen LogP contribution in [0.1, 0.15) is 31.5 Å². The van der Waals surface area contributed by atoms with Gasteiger partial charge in [0, 0.05) is 14.9 Å². The van der Waals surface area contributed by atoms with E-state index >= 15 is 0 Å². The first-order chi connectivity index (χ1) is 8.47. The Labute approximate surface area is 119 Å². The van der Waals surface area contributed by atoms with Crippen molar-refractivity contribution in [3.8, 4) is 0 Å². The predicted octanol–water partition coefficient (Wildman–Crippen LogP) is 4.26. The maximum atomic E-state index is 12.2. The number of carbonyl (C=O) groups is 1. The molecule has 2 aromatic rings. The second-order valence-electron chi connectivity index (χ2n) is 4.33. The summed E-state index contributed by atoms with van der Waals surface area (Å²) in [7, 11) is 0. The van der Waals surface area contributed by atoms with Crippen molar-refractivity contribution in [3.05, 3.63) is 49.4 Å². The van der Waals surface area contributed by atoms with Crippen LogP contribution in [0.25, 0.3) is 0 Å². The van der Waals surface area contributed by atoms with Crippen molar-refractivity contribution in [2.24, 2.45) is 0 Å².